The first-order valence-corrected chi connectivity index (χ1v) is 6.07. The first-order valence-electron chi connectivity index (χ1n) is 6.07. The van der Waals surface area contributed by atoms with Crippen LogP contribution in [0.3, 0.4) is 0 Å². The molecule has 20 heavy (non-hydrogen) atoms. The molecule has 0 amide bonds. The molecule has 0 aliphatic carbocycles. The van der Waals surface area contributed by atoms with Gasteiger partial charge in [0, 0.05) is 19.3 Å². The average Bonchev–Trinajstić information content (AvgIpc) is 2.84. The molecular formula is C13H14F3N3O. The van der Waals surface area contributed by atoms with E-state index in [2.05, 4.69) is 15.2 Å². The lowest BCUT2D eigenvalue weighted by Gasteiger charge is -2.09. The number of nitrogens with one attached hydrogen (secondary N) is 1. The molecule has 0 unspecified atom stereocenters. The van der Waals surface area contributed by atoms with Gasteiger partial charge < -0.3 is 10.1 Å². The summed E-state index contributed by atoms with van der Waals surface area (Å²) in [5.41, 5.74) is 1.71. The Morgan fingerprint density at radius 3 is 2.50 bits per heavy atom. The Kier molecular flexibility index (Phi) is 4.16. The molecule has 0 saturated carbocycles. The normalized spacial score (nSPS) is 11.4. The zero-order valence-corrected chi connectivity index (χ0v) is 10.8. The van der Waals surface area contributed by atoms with Gasteiger partial charge in [0.25, 0.3) is 0 Å². The van der Waals surface area contributed by atoms with Crippen LogP contribution in [0.15, 0.2) is 36.7 Å². The van der Waals surface area contributed by atoms with Crippen molar-refractivity contribution < 1.29 is 17.9 Å². The van der Waals surface area contributed by atoms with Crippen molar-refractivity contribution in [2.45, 2.75) is 26.4 Å². The summed E-state index contributed by atoms with van der Waals surface area (Å²) >= 11 is 0. The number of aromatic nitrogens is 2. The smallest absolute Gasteiger partial charge is 0.406 e. The highest BCUT2D eigenvalue weighted by atomic mass is 19.4. The van der Waals surface area contributed by atoms with Crippen LogP contribution in [0.25, 0.3) is 0 Å². The molecule has 1 aromatic carbocycles. The number of benzene rings is 1. The minimum absolute atomic E-state index is 0.222. The zero-order valence-electron chi connectivity index (χ0n) is 10.8. The van der Waals surface area contributed by atoms with Crippen LogP contribution < -0.4 is 10.1 Å². The summed E-state index contributed by atoms with van der Waals surface area (Å²) in [7, 11) is 0. The van der Waals surface area contributed by atoms with Crippen LogP contribution >= 0.6 is 0 Å². The lowest BCUT2D eigenvalue weighted by molar-refractivity contribution is -0.274. The predicted octanol–water partition coefficient (Wildman–Crippen LogP) is 3.41. The molecule has 2 aromatic rings. The number of anilines is 1. The van der Waals surface area contributed by atoms with E-state index in [0.717, 1.165) is 17.8 Å². The Bertz CT molecular complexity index is 549. The standard InChI is InChI=1S/C13H14F3N3O/c1-2-19-9-11(8-18-19)17-7-10-3-5-12(6-4-10)20-13(14,15)16/h3-6,8-9,17H,2,7H2,1H3. The fourth-order valence-corrected chi connectivity index (χ4v) is 1.64. The van der Waals surface area contributed by atoms with Crippen molar-refractivity contribution in [3.8, 4) is 5.75 Å². The summed E-state index contributed by atoms with van der Waals surface area (Å²) < 4.78 is 41.6. The van der Waals surface area contributed by atoms with Gasteiger partial charge >= 0.3 is 6.36 Å². The number of halogens is 3. The Hall–Kier alpha value is -2.18. The van der Waals surface area contributed by atoms with E-state index in [9.17, 15) is 13.2 Å². The maximum absolute atomic E-state index is 12.0. The molecule has 0 spiro atoms. The van der Waals surface area contributed by atoms with Gasteiger partial charge in [0.2, 0.25) is 0 Å². The van der Waals surface area contributed by atoms with Gasteiger partial charge in [-0.05, 0) is 24.6 Å². The second-order valence-corrected chi connectivity index (χ2v) is 4.13. The van der Waals surface area contributed by atoms with E-state index < -0.39 is 6.36 Å². The number of aryl methyl sites for hydroxylation is 1. The van der Waals surface area contributed by atoms with E-state index in [1.165, 1.54) is 12.1 Å². The van der Waals surface area contributed by atoms with Crippen LogP contribution in [-0.2, 0) is 13.1 Å². The summed E-state index contributed by atoms with van der Waals surface area (Å²) in [4.78, 5) is 0. The predicted molar refractivity (Wildman–Crippen MR) is 68.4 cm³/mol. The average molecular weight is 285 g/mol. The van der Waals surface area contributed by atoms with Crippen molar-refractivity contribution >= 4 is 5.69 Å². The zero-order chi connectivity index (χ0) is 14.6. The largest absolute Gasteiger partial charge is 0.573 e. The molecule has 0 bridgehead atoms. The molecule has 0 atom stereocenters. The third-order valence-corrected chi connectivity index (χ3v) is 2.61. The van der Waals surface area contributed by atoms with Crippen LogP contribution in [0.4, 0.5) is 18.9 Å². The summed E-state index contributed by atoms with van der Waals surface area (Å²) in [6.45, 7) is 3.27. The lowest BCUT2D eigenvalue weighted by atomic mass is 10.2. The van der Waals surface area contributed by atoms with Crippen LogP contribution in [0.1, 0.15) is 12.5 Å². The molecule has 0 saturated heterocycles. The van der Waals surface area contributed by atoms with E-state index in [0.29, 0.717) is 6.54 Å². The highest BCUT2D eigenvalue weighted by Gasteiger charge is 2.30. The van der Waals surface area contributed by atoms with E-state index in [-0.39, 0.29) is 5.75 Å². The van der Waals surface area contributed by atoms with E-state index in [4.69, 9.17) is 0 Å². The van der Waals surface area contributed by atoms with Crippen LogP contribution in [-0.4, -0.2) is 16.1 Å². The van der Waals surface area contributed by atoms with Crippen LogP contribution in [0.5, 0.6) is 5.75 Å². The first-order chi connectivity index (χ1) is 9.46. The quantitative estimate of drug-likeness (QED) is 0.915. The molecular weight excluding hydrogens is 271 g/mol. The molecule has 0 aliphatic heterocycles. The highest BCUT2D eigenvalue weighted by molar-refractivity contribution is 5.39. The van der Waals surface area contributed by atoms with Gasteiger partial charge in [-0.25, -0.2) is 0 Å². The van der Waals surface area contributed by atoms with Gasteiger partial charge in [0.1, 0.15) is 5.75 Å². The van der Waals surface area contributed by atoms with Crippen molar-refractivity contribution in [1.82, 2.24) is 9.78 Å². The molecule has 7 heteroatoms. The molecule has 1 heterocycles. The first kappa shape index (κ1) is 14.2. The number of ether oxygens (including phenoxy) is 1. The lowest BCUT2D eigenvalue weighted by Crippen LogP contribution is -2.17. The second-order valence-electron chi connectivity index (χ2n) is 4.13. The number of alkyl halides is 3. The molecule has 0 aliphatic rings. The Balaban J connectivity index is 1.90. The Labute approximate surface area is 114 Å². The maximum atomic E-state index is 12.0. The number of hydrogen-bond acceptors (Lipinski definition) is 3. The minimum Gasteiger partial charge on any atom is -0.406 e. The van der Waals surface area contributed by atoms with Crippen molar-refractivity contribution in [2.75, 3.05) is 5.32 Å². The molecule has 108 valence electrons. The third kappa shape index (κ3) is 4.18. The van der Waals surface area contributed by atoms with Crippen molar-refractivity contribution in [2.24, 2.45) is 0 Å². The van der Waals surface area contributed by atoms with Gasteiger partial charge in [-0.15, -0.1) is 13.2 Å². The molecule has 2 rings (SSSR count). The molecule has 4 nitrogen and oxygen atoms in total. The minimum atomic E-state index is -4.66. The van der Waals surface area contributed by atoms with E-state index in [1.54, 1.807) is 23.0 Å². The topological polar surface area (TPSA) is 39.1 Å². The summed E-state index contributed by atoms with van der Waals surface area (Å²) in [5.74, 6) is -0.222. The molecule has 1 aromatic heterocycles. The fraction of sp³-hybridized carbons (Fsp3) is 0.308. The fourth-order valence-electron chi connectivity index (χ4n) is 1.64. The Morgan fingerprint density at radius 1 is 1.25 bits per heavy atom. The number of rotatable bonds is 5. The molecule has 0 radical (unpaired) electrons. The van der Waals surface area contributed by atoms with Gasteiger partial charge in [0.15, 0.2) is 0 Å². The van der Waals surface area contributed by atoms with Crippen molar-refractivity contribution in [1.29, 1.82) is 0 Å². The SMILES string of the molecule is CCn1cc(NCc2ccc(OC(F)(F)F)cc2)cn1. The van der Waals surface area contributed by atoms with E-state index >= 15 is 0 Å². The highest BCUT2D eigenvalue weighted by Crippen LogP contribution is 2.22. The monoisotopic (exact) mass is 285 g/mol. The van der Waals surface area contributed by atoms with Gasteiger partial charge in [-0.3, -0.25) is 4.68 Å². The number of nitrogens with zero attached hydrogens (tertiary/aromatic N) is 2. The number of hydrogen-bond donors (Lipinski definition) is 1. The maximum Gasteiger partial charge on any atom is 0.573 e. The summed E-state index contributed by atoms with van der Waals surface area (Å²) in [6, 6.07) is 5.75. The van der Waals surface area contributed by atoms with Crippen LogP contribution in [0.2, 0.25) is 0 Å². The van der Waals surface area contributed by atoms with Crippen molar-refractivity contribution in [3.63, 3.8) is 0 Å². The third-order valence-electron chi connectivity index (χ3n) is 2.61. The van der Waals surface area contributed by atoms with Crippen LogP contribution in [0, 0.1) is 0 Å². The summed E-state index contributed by atoms with van der Waals surface area (Å²) in [5, 5.41) is 7.25. The molecule has 0 fully saturated rings. The van der Waals surface area contributed by atoms with Gasteiger partial charge in [-0.2, -0.15) is 5.10 Å². The Morgan fingerprint density at radius 2 is 1.95 bits per heavy atom. The molecule has 1 N–H and O–H groups in total. The van der Waals surface area contributed by atoms with Crippen molar-refractivity contribution in [3.05, 3.63) is 42.2 Å². The van der Waals surface area contributed by atoms with E-state index in [1.807, 2.05) is 13.1 Å². The summed E-state index contributed by atoms with van der Waals surface area (Å²) in [6.07, 6.45) is -1.10. The second kappa shape index (κ2) is 5.85. The van der Waals surface area contributed by atoms with Gasteiger partial charge in [0.05, 0.1) is 11.9 Å². The van der Waals surface area contributed by atoms with Gasteiger partial charge in [-0.1, -0.05) is 12.1 Å².